The summed E-state index contributed by atoms with van der Waals surface area (Å²) in [6.45, 7) is 0.942. The Labute approximate surface area is 137 Å². The largest absolute Gasteiger partial charge is 0.378 e. The molecule has 2 aromatic heterocycles. The summed E-state index contributed by atoms with van der Waals surface area (Å²) in [4.78, 5) is 25.4. The lowest BCUT2D eigenvalue weighted by Crippen LogP contribution is -2.49. The molecule has 1 saturated heterocycles. The lowest BCUT2D eigenvalue weighted by atomic mass is 9.98. The number of anilines is 1. The molecule has 0 aromatic carbocycles. The minimum Gasteiger partial charge on any atom is -0.378 e. The van der Waals surface area contributed by atoms with Crippen molar-refractivity contribution in [3.05, 3.63) is 35.4 Å². The number of nitrogens with zero attached hydrogens (tertiary/aromatic N) is 3. The fourth-order valence-corrected chi connectivity index (χ4v) is 3.49. The molecule has 0 bridgehead atoms. The van der Waals surface area contributed by atoms with Crippen LogP contribution in [0.4, 0.5) is 9.93 Å². The minimum absolute atomic E-state index is 0.306. The van der Waals surface area contributed by atoms with E-state index in [0.29, 0.717) is 36.5 Å². The Hall–Kier alpha value is -2.06. The number of hydrogen-bond donors (Lipinski definition) is 2. The monoisotopic (exact) mass is 331 g/mol. The fourth-order valence-electron chi connectivity index (χ4n) is 2.70. The van der Waals surface area contributed by atoms with Crippen molar-refractivity contribution in [1.29, 1.82) is 0 Å². The van der Waals surface area contributed by atoms with Crippen LogP contribution in [0.5, 0.6) is 0 Å². The predicted molar refractivity (Wildman–Crippen MR) is 85.4 cm³/mol. The zero-order chi connectivity index (χ0) is 15.7. The summed E-state index contributed by atoms with van der Waals surface area (Å²) in [5, 5.41) is 8.42. The number of nitrogens with one attached hydrogen (secondary N) is 2. The van der Waals surface area contributed by atoms with Crippen LogP contribution in [0.15, 0.2) is 23.8 Å². The van der Waals surface area contributed by atoms with E-state index >= 15 is 0 Å². The van der Waals surface area contributed by atoms with Gasteiger partial charge in [-0.05, 0) is 18.9 Å². The van der Waals surface area contributed by atoms with Crippen LogP contribution in [0.1, 0.15) is 36.7 Å². The normalized spacial score (nSPS) is 23.7. The number of ether oxygens (including phenoxy) is 1. The maximum atomic E-state index is 12.4. The molecule has 8 heteroatoms. The van der Waals surface area contributed by atoms with Crippen molar-refractivity contribution in [2.75, 3.05) is 18.5 Å². The number of hydrogen-bond acceptors (Lipinski definition) is 6. The first kappa shape index (κ1) is 14.5. The summed E-state index contributed by atoms with van der Waals surface area (Å²) in [5.41, 5.74) is 0.401. The van der Waals surface area contributed by atoms with Gasteiger partial charge in [0.05, 0.1) is 12.3 Å². The molecule has 2 N–H and O–H groups in total. The second-order valence-electron chi connectivity index (χ2n) is 5.89. The number of aromatic nitrogens is 3. The van der Waals surface area contributed by atoms with E-state index in [1.54, 1.807) is 18.5 Å². The van der Waals surface area contributed by atoms with Gasteiger partial charge < -0.3 is 10.1 Å². The Morgan fingerprint density at radius 1 is 1.35 bits per heavy atom. The number of urea groups is 1. The van der Waals surface area contributed by atoms with Crippen LogP contribution in [0, 0.1) is 0 Å². The van der Waals surface area contributed by atoms with Crippen LogP contribution >= 0.6 is 11.3 Å². The van der Waals surface area contributed by atoms with Crippen LogP contribution in [0.3, 0.4) is 0 Å². The maximum absolute atomic E-state index is 12.4. The van der Waals surface area contributed by atoms with E-state index in [4.69, 9.17) is 4.74 Å². The summed E-state index contributed by atoms with van der Waals surface area (Å²) in [6, 6.07) is 1.45. The highest BCUT2D eigenvalue weighted by Gasteiger charge is 2.41. The molecule has 23 heavy (non-hydrogen) atoms. The third-order valence-corrected chi connectivity index (χ3v) is 4.88. The first-order valence-electron chi connectivity index (χ1n) is 7.65. The molecule has 2 aliphatic rings. The second kappa shape index (κ2) is 5.86. The molecule has 1 unspecified atom stereocenters. The standard InChI is InChI=1S/C15H17N5O2S/c21-13(19-14-18-11(8-23-14)10-2-3-10)20-15(4-7-22-9-15)12-16-5-1-6-17-12/h1,5-6,8,10H,2-4,7,9H2,(H2,18,19,20,21). The molecule has 120 valence electrons. The highest BCUT2D eigenvalue weighted by molar-refractivity contribution is 7.13. The van der Waals surface area contributed by atoms with Gasteiger partial charge in [-0.15, -0.1) is 11.3 Å². The van der Waals surface area contributed by atoms with Crippen LogP contribution in [0.2, 0.25) is 0 Å². The Morgan fingerprint density at radius 2 is 2.17 bits per heavy atom. The van der Waals surface area contributed by atoms with Crippen molar-refractivity contribution >= 4 is 22.5 Å². The Morgan fingerprint density at radius 3 is 2.87 bits per heavy atom. The summed E-state index contributed by atoms with van der Waals surface area (Å²) in [7, 11) is 0. The van der Waals surface area contributed by atoms with Crippen molar-refractivity contribution in [1.82, 2.24) is 20.3 Å². The van der Waals surface area contributed by atoms with Crippen LogP contribution in [0.25, 0.3) is 0 Å². The van der Waals surface area contributed by atoms with E-state index in [2.05, 4.69) is 25.6 Å². The first-order valence-corrected chi connectivity index (χ1v) is 8.53. The molecule has 2 amide bonds. The first-order chi connectivity index (χ1) is 11.3. The van der Waals surface area contributed by atoms with Gasteiger partial charge in [-0.2, -0.15) is 0 Å². The highest BCUT2D eigenvalue weighted by atomic mass is 32.1. The Bertz CT molecular complexity index is 695. The summed E-state index contributed by atoms with van der Waals surface area (Å²) >= 11 is 1.45. The quantitative estimate of drug-likeness (QED) is 0.897. The average molecular weight is 331 g/mol. The van der Waals surface area contributed by atoms with Gasteiger partial charge in [-0.1, -0.05) is 0 Å². The molecule has 1 saturated carbocycles. The smallest absolute Gasteiger partial charge is 0.321 e. The summed E-state index contributed by atoms with van der Waals surface area (Å²) < 4.78 is 5.47. The average Bonchev–Trinajstić information content (AvgIpc) is 3.13. The van der Waals surface area contributed by atoms with Crippen molar-refractivity contribution in [2.45, 2.75) is 30.7 Å². The van der Waals surface area contributed by atoms with Crippen molar-refractivity contribution < 1.29 is 9.53 Å². The molecule has 0 spiro atoms. The fraction of sp³-hybridized carbons (Fsp3) is 0.467. The van der Waals surface area contributed by atoms with Gasteiger partial charge in [0.25, 0.3) is 0 Å². The van der Waals surface area contributed by atoms with Crippen molar-refractivity contribution in [2.24, 2.45) is 0 Å². The van der Waals surface area contributed by atoms with Crippen molar-refractivity contribution in [3.63, 3.8) is 0 Å². The molecule has 4 rings (SSSR count). The van der Waals surface area contributed by atoms with E-state index in [-0.39, 0.29) is 6.03 Å². The van der Waals surface area contributed by atoms with Gasteiger partial charge in [0.1, 0.15) is 5.54 Å². The molecule has 1 aliphatic heterocycles. The van der Waals surface area contributed by atoms with Gasteiger partial charge in [0.2, 0.25) is 0 Å². The number of amides is 2. The molecule has 2 fully saturated rings. The third kappa shape index (κ3) is 3.04. The SMILES string of the molecule is O=C(Nc1nc(C2CC2)cs1)NC1(c2ncccn2)CCOC1. The van der Waals surface area contributed by atoms with E-state index < -0.39 is 5.54 Å². The topological polar surface area (TPSA) is 89.0 Å². The highest BCUT2D eigenvalue weighted by Crippen LogP contribution is 2.40. The van der Waals surface area contributed by atoms with Gasteiger partial charge >= 0.3 is 6.03 Å². The van der Waals surface area contributed by atoms with E-state index in [9.17, 15) is 4.79 Å². The number of rotatable bonds is 4. The summed E-state index contributed by atoms with van der Waals surface area (Å²) in [5.74, 6) is 1.16. The van der Waals surface area contributed by atoms with E-state index in [1.165, 1.54) is 24.2 Å². The molecule has 1 aliphatic carbocycles. The van der Waals surface area contributed by atoms with E-state index in [0.717, 1.165) is 5.69 Å². The van der Waals surface area contributed by atoms with E-state index in [1.807, 2.05) is 5.38 Å². The minimum atomic E-state index is -0.679. The second-order valence-corrected chi connectivity index (χ2v) is 6.75. The molecule has 0 radical (unpaired) electrons. The van der Waals surface area contributed by atoms with Crippen LogP contribution in [-0.2, 0) is 10.3 Å². The molecule has 7 nitrogen and oxygen atoms in total. The van der Waals surface area contributed by atoms with Gasteiger partial charge in [-0.25, -0.2) is 19.7 Å². The number of thiazole rings is 1. The Kier molecular flexibility index (Phi) is 3.70. The molecule has 3 heterocycles. The summed E-state index contributed by atoms with van der Waals surface area (Å²) in [6.07, 6.45) is 6.38. The third-order valence-electron chi connectivity index (χ3n) is 4.11. The Balaban J connectivity index is 1.47. The zero-order valence-electron chi connectivity index (χ0n) is 12.5. The van der Waals surface area contributed by atoms with Crippen molar-refractivity contribution in [3.8, 4) is 0 Å². The van der Waals surface area contributed by atoms with Gasteiger partial charge in [-0.3, -0.25) is 5.32 Å². The maximum Gasteiger partial charge on any atom is 0.321 e. The van der Waals surface area contributed by atoms with Crippen LogP contribution in [-0.4, -0.2) is 34.2 Å². The van der Waals surface area contributed by atoms with Crippen LogP contribution < -0.4 is 10.6 Å². The zero-order valence-corrected chi connectivity index (χ0v) is 13.3. The number of carbonyl (C=O) groups excluding carboxylic acids is 1. The number of carbonyl (C=O) groups is 1. The molecule has 1 atom stereocenters. The lowest BCUT2D eigenvalue weighted by molar-refractivity contribution is 0.164. The predicted octanol–water partition coefficient (Wildman–Crippen LogP) is 2.25. The molecular weight excluding hydrogens is 314 g/mol. The molecular formula is C15H17N5O2S. The van der Waals surface area contributed by atoms with Gasteiger partial charge in [0.15, 0.2) is 11.0 Å². The lowest BCUT2D eigenvalue weighted by Gasteiger charge is -2.26. The van der Waals surface area contributed by atoms with Gasteiger partial charge in [0, 0.05) is 36.7 Å². The molecule has 2 aromatic rings.